The van der Waals surface area contributed by atoms with Crippen LogP contribution in [0.3, 0.4) is 0 Å². The zero-order valence-electron chi connectivity index (χ0n) is 28.2. The number of carbonyl (C=O) groups excluding carboxylic acids is 3. The summed E-state index contributed by atoms with van der Waals surface area (Å²) in [6, 6.07) is 18.6. The van der Waals surface area contributed by atoms with E-state index in [0.29, 0.717) is 30.9 Å². The number of methoxy groups -OCH3 is 1. The lowest BCUT2D eigenvalue weighted by atomic mass is 9.50. The second kappa shape index (κ2) is 13.4. The summed E-state index contributed by atoms with van der Waals surface area (Å²) >= 11 is 0. The average molecular weight is 716 g/mol. The molecule has 14 nitrogen and oxygen atoms in total. The Balaban J connectivity index is 1.10. The molecule has 2 aliphatic heterocycles. The monoisotopic (exact) mass is 715 g/mol. The molecular weight excluding hydrogens is 678 g/mol. The molecule has 3 aromatic rings. The Labute approximate surface area is 297 Å². The molecule has 0 unspecified atom stereocenters. The number of rotatable bonds is 11. The van der Waals surface area contributed by atoms with Gasteiger partial charge < -0.3 is 49.0 Å². The first kappa shape index (κ1) is 35.1. The van der Waals surface area contributed by atoms with Crippen molar-refractivity contribution in [3.05, 3.63) is 107 Å². The van der Waals surface area contributed by atoms with Gasteiger partial charge in [0.25, 0.3) is 0 Å². The first-order chi connectivity index (χ1) is 24.9. The van der Waals surface area contributed by atoms with Crippen LogP contribution < -0.4 is 9.47 Å². The van der Waals surface area contributed by atoms with Crippen molar-refractivity contribution in [2.75, 3.05) is 20.7 Å². The fourth-order valence-corrected chi connectivity index (χ4v) is 8.15. The Morgan fingerprint density at radius 2 is 1.48 bits per heavy atom. The maximum absolute atomic E-state index is 13.4. The van der Waals surface area contributed by atoms with Gasteiger partial charge in [0.1, 0.15) is 5.76 Å². The van der Waals surface area contributed by atoms with Crippen LogP contribution in [0.2, 0.25) is 0 Å². The fraction of sp³-hybridized carbons (Fsp3) is 0.368. The van der Waals surface area contributed by atoms with E-state index in [4.69, 9.17) is 23.7 Å². The third kappa shape index (κ3) is 5.50. The minimum atomic E-state index is -2.54. The van der Waals surface area contributed by atoms with Crippen molar-refractivity contribution < 1.29 is 63.3 Å². The van der Waals surface area contributed by atoms with Crippen molar-refractivity contribution in [2.45, 2.75) is 66.8 Å². The average Bonchev–Trinajstić information content (AvgIpc) is 3.51. The summed E-state index contributed by atoms with van der Waals surface area (Å²) in [7, 11) is 3.44. The second-order valence-corrected chi connectivity index (χ2v) is 13.4. The third-order valence-corrected chi connectivity index (χ3v) is 10.7. The predicted octanol–water partition coefficient (Wildman–Crippen LogP) is 1.89. The summed E-state index contributed by atoms with van der Waals surface area (Å²) in [6.45, 7) is 0.612. The standard InChI is InChI=1S/C38H37NO13/c1-39-18-17-37-26-22-13-14-23(48-2)31(26)50-32(37)24(15-16-38(37,47)25(39)19-22)49-34(44)27(40)28(41)35(45)52-30(21-11-7-4-8-12-21)36(46)51-29(33(42)43)20-9-5-3-6-10-20/h3-15,25,27-30,32,40-41,47H,16-19H2,1-2H3,(H,42,43)/t25-,27+,28+,29-,30-,32+,37+,38-/m0/s1. The minimum absolute atomic E-state index is 0.0185. The maximum atomic E-state index is 13.4. The Kier molecular flexibility index (Phi) is 9.03. The van der Waals surface area contributed by atoms with Crippen LogP contribution in [0, 0.1) is 0 Å². The van der Waals surface area contributed by atoms with E-state index in [0.717, 1.165) is 11.1 Å². The molecule has 0 aromatic heterocycles. The Morgan fingerprint density at radius 3 is 2.12 bits per heavy atom. The topological polar surface area (TPSA) is 199 Å². The number of piperidine rings is 1. The lowest BCUT2D eigenvalue weighted by Crippen LogP contribution is -2.74. The number of likely N-dealkylation sites (N-methyl/N-ethyl adjacent to an activating group) is 1. The Bertz CT molecular complexity index is 1930. The van der Waals surface area contributed by atoms with E-state index < -0.39 is 65.4 Å². The van der Waals surface area contributed by atoms with Crippen LogP contribution in [0.15, 0.2) is 84.6 Å². The molecule has 4 N–H and O–H groups in total. The van der Waals surface area contributed by atoms with Gasteiger partial charge >= 0.3 is 23.9 Å². The highest BCUT2D eigenvalue weighted by Crippen LogP contribution is 2.65. The number of hydrogen-bond acceptors (Lipinski definition) is 13. The molecule has 2 heterocycles. The van der Waals surface area contributed by atoms with E-state index in [-0.39, 0.29) is 29.3 Å². The van der Waals surface area contributed by atoms with Gasteiger partial charge in [-0.15, -0.1) is 0 Å². The third-order valence-electron chi connectivity index (χ3n) is 10.7. The van der Waals surface area contributed by atoms with Gasteiger partial charge in [-0.25, -0.2) is 19.2 Å². The van der Waals surface area contributed by atoms with Crippen LogP contribution in [0.4, 0.5) is 0 Å². The number of esters is 3. The highest BCUT2D eigenvalue weighted by atomic mass is 16.6. The van der Waals surface area contributed by atoms with Crippen LogP contribution in [-0.2, 0) is 45.2 Å². The van der Waals surface area contributed by atoms with Crippen LogP contribution in [0.25, 0.3) is 0 Å². The molecule has 272 valence electrons. The minimum Gasteiger partial charge on any atom is -0.493 e. The van der Waals surface area contributed by atoms with Gasteiger partial charge in [0.15, 0.2) is 29.8 Å². The van der Waals surface area contributed by atoms with E-state index in [1.165, 1.54) is 49.6 Å². The van der Waals surface area contributed by atoms with Gasteiger partial charge in [-0.3, -0.25) is 0 Å². The van der Waals surface area contributed by atoms with Gasteiger partial charge in [-0.05, 0) is 44.1 Å². The lowest BCUT2D eigenvalue weighted by molar-refractivity contribution is -0.187. The van der Waals surface area contributed by atoms with Gasteiger partial charge in [-0.1, -0.05) is 66.7 Å². The van der Waals surface area contributed by atoms with Crippen molar-refractivity contribution in [1.29, 1.82) is 0 Å². The highest BCUT2D eigenvalue weighted by Gasteiger charge is 2.72. The number of carboxylic acid groups (broad SMARTS) is 1. The molecule has 0 saturated carbocycles. The van der Waals surface area contributed by atoms with Crippen molar-refractivity contribution in [1.82, 2.24) is 4.90 Å². The van der Waals surface area contributed by atoms with E-state index in [1.807, 2.05) is 13.1 Å². The van der Waals surface area contributed by atoms with E-state index in [1.54, 1.807) is 30.3 Å². The van der Waals surface area contributed by atoms with Crippen LogP contribution in [-0.4, -0.2) is 99.9 Å². The largest absolute Gasteiger partial charge is 0.493 e. The van der Waals surface area contributed by atoms with Crippen LogP contribution in [0.1, 0.15) is 47.3 Å². The number of aliphatic hydroxyl groups is 3. The number of ether oxygens (including phenoxy) is 5. The summed E-state index contributed by atoms with van der Waals surface area (Å²) < 4.78 is 28.2. The van der Waals surface area contributed by atoms with Gasteiger partial charge in [0, 0.05) is 29.2 Å². The highest BCUT2D eigenvalue weighted by molar-refractivity contribution is 5.88. The van der Waals surface area contributed by atoms with E-state index >= 15 is 0 Å². The first-order valence-electron chi connectivity index (χ1n) is 16.7. The number of benzene rings is 3. The zero-order chi connectivity index (χ0) is 36.9. The second-order valence-electron chi connectivity index (χ2n) is 13.4. The molecule has 8 atom stereocenters. The number of nitrogens with zero attached hydrogens (tertiary/aromatic N) is 1. The number of hydrogen-bond donors (Lipinski definition) is 4. The molecule has 2 bridgehead atoms. The lowest BCUT2D eigenvalue weighted by Gasteiger charge is -2.61. The van der Waals surface area contributed by atoms with Crippen molar-refractivity contribution in [2.24, 2.45) is 0 Å². The van der Waals surface area contributed by atoms with E-state index in [9.17, 15) is 39.6 Å². The molecule has 2 aliphatic carbocycles. The van der Waals surface area contributed by atoms with Crippen molar-refractivity contribution >= 4 is 23.9 Å². The fourth-order valence-electron chi connectivity index (χ4n) is 8.15. The van der Waals surface area contributed by atoms with Gasteiger partial charge in [0.05, 0.1) is 18.1 Å². The van der Waals surface area contributed by atoms with E-state index in [2.05, 4.69) is 4.90 Å². The smallest absolute Gasteiger partial charge is 0.353 e. The SMILES string of the molecule is COc1ccc2c3c1O[C@@H]1C(OC(=O)[C@H](O)[C@@H](O)C(=O)O[C@H](C(=O)O[C@H](C(=O)O)c4ccccc4)c4ccccc4)=CC[C@]4(O)[C@H](C2)N(C)CC[C@@]314. The van der Waals surface area contributed by atoms with Gasteiger partial charge in [0.2, 0.25) is 12.2 Å². The van der Waals surface area contributed by atoms with Crippen molar-refractivity contribution in [3.8, 4) is 11.5 Å². The molecule has 1 fully saturated rings. The molecule has 4 aliphatic rings. The zero-order valence-corrected chi connectivity index (χ0v) is 28.2. The summed E-state index contributed by atoms with van der Waals surface area (Å²) in [5.74, 6) is -4.92. The molecule has 0 radical (unpaired) electrons. The van der Waals surface area contributed by atoms with Crippen LogP contribution >= 0.6 is 0 Å². The normalized spacial score (nSPS) is 26.3. The number of aliphatic hydroxyl groups excluding tert-OH is 2. The van der Waals surface area contributed by atoms with Crippen molar-refractivity contribution in [3.63, 3.8) is 0 Å². The number of carbonyl (C=O) groups is 4. The number of aliphatic carboxylic acids is 1. The quantitative estimate of drug-likeness (QED) is 0.166. The Morgan fingerprint density at radius 1 is 0.865 bits per heavy atom. The van der Waals surface area contributed by atoms with Gasteiger partial charge in [-0.2, -0.15) is 0 Å². The molecule has 52 heavy (non-hydrogen) atoms. The molecule has 1 spiro atoms. The molecule has 0 amide bonds. The summed E-state index contributed by atoms with van der Waals surface area (Å²) in [5.41, 5.74) is -0.360. The molecule has 3 aromatic carbocycles. The summed E-state index contributed by atoms with van der Waals surface area (Å²) in [5, 5.41) is 43.8. The summed E-state index contributed by atoms with van der Waals surface area (Å²) in [6.07, 6.45) is -7.05. The molecule has 1 saturated heterocycles. The van der Waals surface area contributed by atoms with Crippen LogP contribution in [0.5, 0.6) is 11.5 Å². The number of likely N-dealkylation sites (tertiary alicyclic amines) is 1. The molecule has 14 heteroatoms. The maximum Gasteiger partial charge on any atom is 0.353 e. The molecular formula is C38H37NO13. The first-order valence-corrected chi connectivity index (χ1v) is 16.7. The Hall–Kier alpha value is -5.28. The summed E-state index contributed by atoms with van der Waals surface area (Å²) in [4.78, 5) is 54.0. The molecule has 7 rings (SSSR count). The number of carboxylic acids is 1. The predicted molar refractivity (Wildman–Crippen MR) is 178 cm³/mol.